The average molecular weight is 393 g/mol. The van der Waals surface area contributed by atoms with E-state index in [1.807, 2.05) is 51.1 Å². The zero-order chi connectivity index (χ0) is 17.7. The minimum atomic E-state index is -0.610. The number of hydrogen-bond acceptors (Lipinski definition) is 4. The topological polar surface area (TPSA) is 62.7 Å². The van der Waals surface area contributed by atoms with Gasteiger partial charge in [-0.15, -0.1) is 0 Å². The minimum Gasteiger partial charge on any atom is -0.443 e. The minimum absolute atomic E-state index is 0.220. The van der Waals surface area contributed by atoms with E-state index in [2.05, 4.69) is 20.9 Å². The van der Waals surface area contributed by atoms with Gasteiger partial charge in [0.15, 0.2) is 0 Å². The fourth-order valence-electron chi connectivity index (χ4n) is 2.06. The number of rotatable bonds is 4. The van der Waals surface area contributed by atoms with Gasteiger partial charge < -0.3 is 9.84 Å². The second kappa shape index (κ2) is 7.77. The maximum absolute atomic E-state index is 12.6. The lowest BCUT2D eigenvalue weighted by atomic mass is 10.2. The highest BCUT2D eigenvalue weighted by atomic mass is 79.9. The van der Waals surface area contributed by atoms with Crippen molar-refractivity contribution in [3.63, 3.8) is 0 Å². The van der Waals surface area contributed by atoms with E-state index in [4.69, 9.17) is 4.74 Å². The standard InChI is InChI=1S/C18H21BrN2O3/c1-18(2,3)24-17(23)21(11-13-7-5-4-6-8-13)16-10-9-14(19)15(12-22)20-16/h4-10,22H,11-12H2,1-3H3. The Bertz CT molecular complexity index is 699. The zero-order valence-electron chi connectivity index (χ0n) is 14.0. The molecule has 0 fully saturated rings. The number of hydrogen-bond donors (Lipinski definition) is 1. The number of aromatic nitrogens is 1. The summed E-state index contributed by atoms with van der Waals surface area (Å²) in [6, 6.07) is 13.1. The Morgan fingerprint density at radius 1 is 1.21 bits per heavy atom. The first kappa shape index (κ1) is 18.4. The number of anilines is 1. The zero-order valence-corrected chi connectivity index (χ0v) is 15.6. The summed E-state index contributed by atoms with van der Waals surface area (Å²) in [4.78, 5) is 18.5. The quantitative estimate of drug-likeness (QED) is 0.843. The fraction of sp³-hybridized carbons (Fsp3) is 0.333. The van der Waals surface area contributed by atoms with Gasteiger partial charge in [-0.1, -0.05) is 30.3 Å². The van der Waals surface area contributed by atoms with Crippen molar-refractivity contribution in [2.45, 2.75) is 39.5 Å². The van der Waals surface area contributed by atoms with E-state index >= 15 is 0 Å². The van der Waals surface area contributed by atoms with Gasteiger partial charge >= 0.3 is 6.09 Å². The van der Waals surface area contributed by atoms with Gasteiger partial charge in [0.1, 0.15) is 11.4 Å². The van der Waals surface area contributed by atoms with Gasteiger partial charge in [0.25, 0.3) is 0 Å². The Labute approximate surface area is 150 Å². The number of amides is 1. The van der Waals surface area contributed by atoms with Crippen molar-refractivity contribution >= 4 is 27.8 Å². The molecule has 0 saturated carbocycles. The Morgan fingerprint density at radius 3 is 2.46 bits per heavy atom. The van der Waals surface area contributed by atoms with Gasteiger partial charge in [0.2, 0.25) is 0 Å². The molecule has 1 amide bonds. The maximum Gasteiger partial charge on any atom is 0.416 e. The molecule has 0 unspecified atom stereocenters. The summed E-state index contributed by atoms with van der Waals surface area (Å²) in [5.41, 5.74) is 0.814. The first-order valence-electron chi connectivity index (χ1n) is 7.61. The molecule has 5 nitrogen and oxygen atoms in total. The van der Waals surface area contributed by atoms with Crippen LogP contribution in [0.5, 0.6) is 0 Å². The molecule has 0 radical (unpaired) electrons. The lowest BCUT2D eigenvalue weighted by Crippen LogP contribution is -2.37. The highest BCUT2D eigenvalue weighted by molar-refractivity contribution is 9.10. The fourth-order valence-corrected chi connectivity index (χ4v) is 2.40. The van der Waals surface area contributed by atoms with Gasteiger partial charge in [0.05, 0.1) is 18.8 Å². The molecule has 0 aliphatic heterocycles. The molecule has 128 valence electrons. The number of carbonyl (C=O) groups is 1. The van der Waals surface area contributed by atoms with E-state index in [1.54, 1.807) is 12.1 Å². The first-order chi connectivity index (χ1) is 11.3. The second-order valence-electron chi connectivity index (χ2n) is 6.31. The van der Waals surface area contributed by atoms with Gasteiger partial charge in [-0.25, -0.2) is 9.78 Å². The molecule has 1 aromatic carbocycles. The van der Waals surface area contributed by atoms with E-state index in [-0.39, 0.29) is 6.61 Å². The van der Waals surface area contributed by atoms with E-state index in [1.165, 1.54) is 4.90 Å². The molecule has 0 atom stereocenters. The van der Waals surface area contributed by atoms with Crippen molar-refractivity contribution < 1.29 is 14.6 Å². The molecule has 2 aromatic rings. The molecule has 0 saturated heterocycles. The number of ether oxygens (including phenoxy) is 1. The number of nitrogens with zero attached hydrogens (tertiary/aromatic N) is 2. The number of pyridine rings is 1. The molecule has 2 rings (SSSR count). The van der Waals surface area contributed by atoms with E-state index in [0.717, 1.165) is 5.56 Å². The third-order valence-electron chi connectivity index (χ3n) is 3.13. The number of aliphatic hydroxyl groups excluding tert-OH is 1. The number of halogens is 1. The first-order valence-corrected chi connectivity index (χ1v) is 8.40. The Morgan fingerprint density at radius 2 is 1.88 bits per heavy atom. The molecule has 1 N–H and O–H groups in total. The van der Waals surface area contributed by atoms with Crippen LogP contribution in [0.25, 0.3) is 0 Å². The molecule has 0 aliphatic rings. The summed E-state index contributed by atoms with van der Waals surface area (Å²) < 4.78 is 6.20. The van der Waals surface area contributed by atoms with Crippen LogP contribution in [-0.4, -0.2) is 21.8 Å². The summed E-state index contributed by atoms with van der Waals surface area (Å²) >= 11 is 3.34. The lowest BCUT2D eigenvalue weighted by molar-refractivity contribution is 0.0576. The van der Waals surface area contributed by atoms with Crippen LogP contribution >= 0.6 is 15.9 Å². The third kappa shape index (κ3) is 5.04. The highest BCUT2D eigenvalue weighted by Gasteiger charge is 2.25. The maximum atomic E-state index is 12.6. The van der Waals surface area contributed by atoms with Crippen molar-refractivity contribution in [3.05, 3.63) is 58.2 Å². The molecule has 6 heteroatoms. The van der Waals surface area contributed by atoms with Crippen molar-refractivity contribution in [2.24, 2.45) is 0 Å². The number of aliphatic hydroxyl groups is 1. The summed E-state index contributed by atoms with van der Waals surface area (Å²) in [5.74, 6) is 0.431. The number of benzene rings is 1. The average Bonchev–Trinajstić information content (AvgIpc) is 2.52. The van der Waals surface area contributed by atoms with Crippen LogP contribution in [0.3, 0.4) is 0 Å². The van der Waals surface area contributed by atoms with Crippen LogP contribution in [0.4, 0.5) is 10.6 Å². The van der Waals surface area contributed by atoms with Crippen molar-refractivity contribution in [1.82, 2.24) is 4.98 Å². The lowest BCUT2D eigenvalue weighted by Gasteiger charge is -2.27. The monoisotopic (exact) mass is 392 g/mol. The van der Waals surface area contributed by atoms with Gasteiger partial charge in [-0.2, -0.15) is 0 Å². The van der Waals surface area contributed by atoms with E-state index in [9.17, 15) is 9.90 Å². The molecule has 1 heterocycles. The van der Waals surface area contributed by atoms with Crippen LogP contribution < -0.4 is 4.90 Å². The summed E-state index contributed by atoms with van der Waals surface area (Å²) in [7, 11) is 0. The summed E-state index contributed by atoms with van der Waals surface area (Å²) in [6.07, 6.45) is -0.481. The molecular formula is C18H21BrN2O3. The predicted molar refractivity (Wildman–Crippen MR) is 96.7 cm³/mol. The molecule has 1 aromatic heterocycles. The van der Waals surface area contributed by atoms with Gasteiger partial charge in [0, 0.05) is 4.47 Å². The SMILES string of the molecule is CC(C)(C)OC(=O)N(Cc1ccccc1)c1ccc(Br)c(CO)n1. The van der Waals surface area contributed by atoms with Gasteiger partial charge in [-0.05, 0) is 54.4 Å². The summed E-state index contributed by atoms with van der Waals surface area (Å²) in [6.45, 7) is 5.57. The van der Waals surface area contributed by atoms with Crippen LogP contribution in [0.2, 0.25) is 0 Å². The van der Waals surface area contributed by atoms with Crippen LogP contribution in [0.15, 0.2) is 46.9 Å². The largest absolute Gasteiger partial charge is 0.443 e. The normalized spacial score (nSPS) is 11.2. The van der Waals surface area contributed by atoms with Crippen molar-refractivity contribution in [1.29, 1.82) is 0 Å². The second-order valence-corrected chi connectivity index (χ2v) is 7.16. The van der Waals surface area contributed by atoms with Crippen molar-refractivity contribution in [2.75, 3.05) is 4.90 Å². The van der Waals surface area contributed by atoms with Gasteiger partial charge in [-0.3, -0.25) is 4.90 Å². The molecule has 0 aliphatic carbocycles. The molecule has 0 bridgehead atoms. The van der Waals surface area contributed by atoms with Crippen LogP contribution in [0.1, 0.15) is 32.0 Å². The van der Waals surface area contributed by atoms with Crippen LogP contribution in [-0.2, 0) is 17.9 Å². The van der Waals surface area contributed by atoms with Crippen LogP contribution in [0, 0.1) is 0 Å². The summed E-state index contributed by atoms with van der Waals surface area (Å²) in [5, 5.41) is 9.41. The Kier molecular flexibility index (Phi) is 5.96. The Balaban J connectivity index is 2.36. The number of carbonyl (C=O) groups excluding carboxylic acids is 1. The van der Waals surface area contributed by atoms with Crippen molar-refractivity contribution in [3.8, 4) is 0 Å². The molecule has 24 heavy (non-hydrogen) atoms. The smallest absolute Gasteiger partial charge is 0.416 e. The molecule has 0 spiro atoms. The van der Waals surface area contributed by atoms with E-state index in [0.29, 0.717) is 22.5 Å². The highest BCUT2D eigenvalue weighted by Crippen LogP contribution is 2.23. The third-order valence-corrected chi connectivity index (χ3v) is 3.85. The predicted octanol–water partition coefficient (Wildman–Crippen LogP) is 4.28. The molecular weight excluding hydrogens is 372 g/mol. The van der Waals surface area contributed by atoms with E-state index < -0.39 is 11.7 Å². The Hall–Kier alpha value is -1.92.